The number of hydrogen-bond donors (Lipinski definition) is 3. The summed E-state index contributed by atoms with van der Waals surface area (Å²) in [7, 11) is 1.51. The minimum Gasteiger partial charge on any atom is -0.461 e. The van der Waals surface area contributed by atoms with Gasteiger partial charge in [0.05, 0.1) is 12.2 Å². The zero-order chi connectivity index (χ0) is 31.8. The van der Waals surface area contributed by atoms with Crippen molar-refractivity contribution in [2.75, 3.05) is 32.5 Å². The maximum atomic E-state index is 13.8. The number of likely N-dealkylation sites (N-methyl/N-ethyl adjacent to an activating group) is 1. The Morgan fingerprint density at radius 2 is 1.93 bits per heavy atom. The Morgan fingerprint density at radius 1 is 1.23 bits per heavy atom. The Kier molecular flexibility index (Phi) is 8.86. The molecule has 0 aromatic carbocycles. The number of hydrazine groups is 1. The van der Waals surface area contributed by atoms with Crippen molar-refractivity contribution in [3.05, 3.63) is 27.3 Å². The molecule has 2 saturated heterocycles. The van der Waals surface area contributed by atoms with Crippen LogP contribution in [0.1, 0.15) is 33.4 Å². The van der Waals surface area contributed by atoms with Gasteiger partial charge in [0.2, 0.25) is 5.88 Å². The first-order valence-corrected chi connectivity index (χ1v) is 14.6. The molecule has 17 nitrogen and oxygen atoms in total. The molecule has 232 valence electrons. The lowest BCUT2D eigenvalue weighted by molar-refractivity contribution is -0.170. The van der Waals surface area contributed by atoms with Crippen molar-refractivity contribution >= 4 is 64.9 Å². The number of β-lactam (4-membered cyclic amide) rings is 1. The highest BCUT2D eigenvalue weighted by molar-refractivity contribution is 8.00. The third kappa shape index (κ3) is 6.66. The molecule has 4 heterocycles. The maximum absolute atomic E-state index is 13.8. The van der Waals surface area contributed by atoms with Gasteiger partial charge in [0, 0.05) is 37.2 Å². The van der Waals surface area contributed by atoms with Crippen molar-refractivity contribution in [2.45, 2.75) is 44.7 Å². The zero-order valence-corrected chi connectivity index (χ0v) is 25.4. The predicted molar refractivity (Wildman–Crippen MR) is 149 cm³/mol. The van der Waals surface area contributed by atoms with Crippen molar-refractivity contribution in [1.29, 1.82) is 5.41 Å². The molecule has 19 heteroatoms. The van der Waals surface area contributed by atoms with Crippen molar-refractivity contribution in [1.82, 2.24) is 24.8 Å². The molecule has 3 aliphatic heterocycles. The second-order valence-corrected chi connectivity index (χ2v) is 12.4. The van der Waals surface area contributed by atoms with Crippen LogP contribution < -0.4 is 4.80 Å². The number of hydrogen-bond acceptors (Lipinski definition) is 12. The number of nitrogens with one attached hydrogen (secondary N) is 2. The first-order chi connectivity index (χ1) is 20.1. The Hall–Kier alpha value is -4.39. The summed E-state index contributed by atoms with van der Waals surface area (Å²) < 4.78 is 15.0. The van der Waals surface area contributed by atoms with Gasteiger partial charge < -0.3 is 29.2 Å². The summed E-state index contributed by atoms with van der Waals surface area (Å²) in [6.07, 6.45) is -2.58. The normalized spacial score (nSPS) is 20.5. The molecule has 0 bridgehead atoms. The first-order valence-electron chi connectivity index (χ1n) is 12.7. The topological polar surface area (TPSA) is 215 Å². The number of thiazole rings is 1. The van der Waals surface area contributed by atoms with E-state index in [1.165, 1.54) is 24.3 Å². The van der Waals surface area contributed by atoms with Crippen LogP contribution in [0.3, 0.4) is 0 Å². The molecule has 1 aromatic rings. The fourth-order valence-electron chi connectivity index (χ4n) is 4.25. The van der Waals surface area contributed by atoms with E-state index in [2.05, 4.69) is 9.98 Å². The second-order valence-electron chi connectivity index (χ2n) is 10.4. The van der Waals surface area contributed by atoms with E-state index in [0.717, 1.165) is 38.0 Å². The third-order valence-electron chi connectivity index (χ3n) is 6.12. The smallest absolute Gasteiger partial charge is 0.461 e. The number of aromatic amines is 1. The molecule has 0 radical (unpaired) electrons. The number of esters is 1. The minimum absolute atomic E-state index is 0.0271. The van der Waals surface area contributed by atoms with Crippen LogP contribution in [0.25, 0.3) is 0 Å². The van der Waals surface area contributed by atoms with Gasteiger partial charge in [0.25, 0.3) is 11.8 Å². The van der Waals surface area contributed by atoms with Gasteiger partial charge in [0.15, 0.2) is 10.8 Å². The van der Waals surface area contributed by atoms with Crippen LogP contribution in [0.5, 0.6) is 0 Å². The van der Waals surface area contributed by atoms with Crippen LogP contribution in [0.4, 0.5) is 14.4 Å². The van der Waals surface area contributed by atoms with Crippen LogP contribution >= 0.6 is 23.1 Å². The number of thioether (sulfide) groups is 1. The van der Waals surface area contributed by atoms with Crippen molar-refractivity contribution in [3.63, 3.8) is 0 Å². The number of carboxylic acid groups (broad SMARTS) is 1. The average molecular weight is 640 g/mol. The summed E-state index contributed by atoms with van der Waals surface area (Å²) in [5.74, 6) is -2.66. The highest BCUT2D eigenvalue weighted by atomic mass is 32.2. The van der Waals surface area contributed by atoms with Crippen molar-refractivity contribution in [3.8, 4) is 0 Å². The lowest BCUT2D eigenvalue weighted by Gasteiger charge is -2.53. The van der Waals surface area contributed by atoms with Crippen LogP contribution in [0.2, 0.25) is 0 Å². The van der Waals surface area contributed by atoms with E-state index in [-0.39, 0.29) is 47.4 Å². The highest BCUT2D eigenvalue weighted by Crippen LogP contribution is 2.43. The van der Waals surface area contributed by atoms with Gasteiger partial charge in [-0.25, -0.2) is 24.4 Å². The van der Waals surface area contributed by atoms with Crippen LogP contribution in [-0.4, -0.2) is 121 Å². The molecule has 0 aliphatic carbocycles. The van der Waals surface area contributed by atoms with E-state index in [4.69, 9.17) is 19.6 Å². The Labute approximate surface area is 252 Å². The van der Waals surface area contributed by atoms with E-state index >= 15 is 0 Å². The Morgan fingerprint density at radius 3 is 2.51 bits per heavy atom. The molecule has 43 heavy (non-hydrogen) atoms. The van der Waals surface area contributed by atoms with Gasteiger partial charge in [-0.05, 0) is 20.8 Å². The number of H-pyrrole nitrogens is 1. The quantitative estimate of drug-likeness (QED) is 0.166. The number of carbonyl (C=O) groups is 6. The monoisotopic (exact) mass is 639 g/mol. The molecular weight excluding hydrogens is 610 g/mol. The van der Waals surface area contributed by atoms with E-state index in [9.17, 15) is 33.9 Å². The molecule has 1 unspecified atom stereocenters. The summed E-state index contributed by atoms with van der Waals surface area (Å²) >= 11 is 2.08. The molecule has 5 amide bonds. The number of ether oxygens (including phenoxy) is 3. The van der Waals surface area contributed by atoms with Crippen molar-refractivity contribution in [2.24, 2.45) is 4.99 Å². The standard InChI is InChI=1S/C24H29N7O10S2/c1-11(32)39-8-12-9-42-19-15(17(34)30(19)18(12)40-23(37)38)31(29-7-6-28(5)22(29)36)16(33)14(25)13-10-43-20(26-13)27-21(35)41-24(2,3)4/h10,15,19,25H,6-9H2,1-5H3,(H,37,38)(H,26,27,35)/t15?,19-/m0/s1. The molecule has 0 spiro atoms. The average Bonchev–Trinajstić information content (AvgIpc) is 3.49. The molecule has 1 aromatic heterocycles. The fourth-order valence-corrected chi connectivity index (χ4v) is 6.29. The second kappa shape index (κ2) is 12.1. The van der Waals surface area contributed by atoms with E-state index in [1.54, 1.807) is 20.8 Å². The molecular formula is C24H29N7O10S2. The van der Waals surface area contributed by atoms with Gasteiger partial charge in [-0.3, -0.25) is 24.7 Å². The third-order valence-corrected chi connectivity index (χ3v) is 8.22. The first kappa shape index (κ1) is 31.5. The largest absolute Gasteiger partial charge is 0.512 e. The number of rotatable bonds is 7. The minimum atomic E-state index is -1.70. The number of amides is 5. The SMILES string of the molecule is CC(=O)OCC1=C(OC(=O)O)N2C(=O)C(N(C(=O)C(=N)c3csc(=NC(=O)OC(C)(C)C)[nH]3)N3CCN(C)C3=O)[C@@H]2SC1. The Bertz CT molecular complexity index is 1490. The molecule has 4 rings (SSSR count). The van der Waals surface area contributed by atoms with Gasteiger partial charge in [0.1, 0.15) is 23.3 Å². The fraction of sp³-hybridized carbons (Fsp3) is 0.500. The maximum Gasteiger partial charge on any atom is 0.512 e. The molecule has 0 saturated carbocycles. The van der Waals surface area contributed by atoms with E-state index in [0.29, 0.717) is 0 Å². The summed E-state index contributed by atoms with van der Waals surface area (Å²) in [6, 6.07) is -1.89. The number of carbonyl (C=O) groups excluding carboxylic acids is 5. The van der Waals surface area contributed by atoms with Gasteiger partial charge in [-0.1, -0.05) is 0 Å². The lowest BCUT2D eigenvalue weighted by atomic mass is 10.0. The van der Waals surface area contributed by atoms with Gasteiger partial charge in [-0.15, -0.1) is 28.1 Å². The van der Waals surface area contributed by atoms with E-state index in [1.807, 2.05) is 0 Å². The number of urea groups is 1. The lowest BCUT2D eigenvalue weighted by Crippen LogP contribution is -2.74. The number of aromatic nitrogens is 1. The summed E-state index contributed by atoms with van der Waals surface area (Å²) in [5.41, 5.74) is -1.21. The van der Waals surface area contributed by atoms with Crippen LogP contribution in [-0.2, 0) is 28.6 Å². The predicted octanol–water partition coefficient (Wildman–Crippen LogP) is 1.14. The van der Waals surface area contributed by atoms with Gasteiger partial charge in [-0.2, -0.15) is 0 Å². The van der Waals surface area contributed by atoms with Crippen LogP contribution in [0, 0.1) is 5.41 Å². The van der Waals surface area contributed by atoms with E-state index < -0.39 is 58.8 Å². The number of nitrogens with zero attached hydrogens (tertiary/aromatic N) is 5. The highest BCUT2D eigenvalue weighted by Gasteiger charge is 2.59. The van der Waals surface area contributed by atoms with Crippen molar-refractivity contribution < 1.29 is 48.1 Å². The summed E-state index contributed by atoms with van der Waals surface area (Å²) in [4.78, 5) is 84.2. The molecule has 2 atom stereocenters. The zero-order valence-electron chi connectivity index (χ0n) is 23.7. The Balaban J connectivity index is 1.64. The molecule has 3 aliphatic rings. The molecule has 3 N–H and O–H groups in total. The van der Waals surface area contributed by atoms with Crippen LogP contribution in [0.15, 0.2) is 21.8 Å². The number of fused-ring (bicyclic) bond motifs is 1. The summed E-state index contributed by atoms with van der Waals surface area (Å²) in [6.45, 7) is 6.14. The summed E-state index contributed by atoms with van der Waals surface area (Å²) in [5, 5.41) is 20.4. The van der Waals surface area contributed by atoms with Gasteiger partial charge >= 0.3 is 24.2 Å². The molecule has 2 fully saturated rings.